The standard InChI is InChI=1S/C23H19N5O2/c29-22(27-20-7-6-18-13-25-10-8-16(18)11-20)15-26-19-4-1-3-17(12-19)23(30)28-21-5-2-9-24-14-21/h1-14,26H,15H2,(H,27,29)(H,28,30). The van der Waals surface area contributed by atoms with Crippen molar-refractivity contribution in [3.8, 4) is 0 Å². The van der Waals surface area contributed by atoms with E-state index in [1.54, 1.807) is 61.2 Å². The number of hydrogen-bond donors (Lipinski definition) is 3. The van der Waals surface area contributed by atoms with E-state index in [0.717, 1.165) is 10.8 Å². The van der Waals surface area contributed by atoms with Gasteiger partial charge in [0.15, 0.2) is 0 Å². The van der Waals surface area contributed by atoms with E-state index in [1.807, 2.05) is 24.3 Å². The second kappa shape index (κ2) is 8.83. The Bertz CT molecular complexity index is 1190. The number of rotatable bonds is 6. The highest BCUT2D eigenvalue weighted by atomic mass is 16.2. The van der Waals surface area contributed by atoms with Gasteiger partial charge in [-0.15, -0.1) is 0 Å². The Morgan fingerprint density at radius 1 is 0.733 bits per heavy atom. The van der Waals surface area contributed by atoms with E-state index in [1.165, 1.54) is 0 Å². The van der Waals surface area contributed by atoms with Crippen molar-refractivity contribution in [2.24, 2.45) is 0 Å². The maximum atomic E-state index is 12.4. The van der Waals surface area contributed by atoms with E-state index in [-0.39, 0.29) is 18.4 Å². The molecule has 0 radical (unpaired) electrons. The molecule has 0 spiro atoms. The molecule has 2 aromatic heterocycles. The molecular weight excluding hydrogens is 378 g/mol. The molecule has 3 N–H and O–H groups in total. The molecule has 2 heterocycles. The molecule has 7 heteroatoms. The zero-order valence-electron chi connectivity index (χ0n) is 16.0. The number of amides is 2. The molecule has 0 aliphatic heterocycles. The molecule has 0 saturated carbocycles. The van der Waals surface area contributed by atoms with Crippen LogP contribution in [0.1, 0.15) is 10.4 Å². The van der Waals surface area contributed by atoms with Crippen molar-refractivity contribution in [3.63, 3.8) is 0 Å². The van der Waals surface area contributed by atoms with Crippen LogP contribution in [-0.2, 0) is 4.79 Å². The molecule has 0 fully saturated rings. The van der Waals surface area contributed by atoms with Crippen molar-refractivity contribution >= 4 is 39.6 Å². The topological polar surface area (TPSA) is 96.0 Å². The van der Waals surface area contributed by atoms with E-state index in [9.17, 15) is 9.59 Å². The van der Waals surface area contributed by atoms with Gasteiger partial charge in [-0.1, -0.05) is 12.1 Å². The van der Waals surface area contributed by atoms with Crippen LogP contribution in [0.5, 0.6) is 0 Å². The fourth-order valence-electron chi connectivity index (χ4n) is 2.96. The van der Waals surface area contributed by atoms with E-state index >= 15 is 0 Å². The molecule has 7 nitrogen and oxygen atoms in total. The van der Waals surface area contributed by atoms with Gasteiger partial charge < -0.3 is 16.0 Å². The lowest BCUT2D eigenvalue weighted by molar-refractivity contribution is -0.114. The number of pyridine rings is 2. The Hall–Kier alpha value is -4.26. The first-order chi connectivity index (χ1) is 14.7. The molecule has 2 aromatic carbocycles. The quantitative estimate of drug-likeness (QED) is 0.458. The van der Waals surface area contributed by atoms with Gasteiger partial charge in [-0.05, 0) is 53.9 Å². The van der Waals surface area contributed by atoms with Crippen LogP contribution in [0.25, 0.3) is 10.8 Å². The van der Waals surface area contributed by atoms with Gasteiger partial charge >= 0.3 is 0 Å². The van der Waals surface area contributed by atoms with Crippen LogP contribution in [0.15, 0.2) is 85.5 Å². The number of nitrogens with one attached hydrogen (secondary N) is 3. The van der Waals surface area contributed by atoms with Crippen LogP contribution in [0, 0.1) is 0 Å². The average Bonchev–Trinajstić information content (AvgIpc) is 2.78. The number of benzene rings is 2. The lowest BCUT2D eigenvalue weighted by Crippen LogP contribution is -2.22. The van der Waals surface area contributed by atoms with Crippen molar-refractivity contribution < 1.29 is 9.59 Å². The maximum Gasteiger partial charge on any atom is 0.255 e. The third kappa shape index (κ3) is 4.77. The monoisotopic (exact) mass is 397 g/mol. The Labute approximate surface area is 173 Å². The van der Waals surface area contributed by atoms with Crippen LogP contribution < -0.4 is 16.0 Å². The van der Waals surface area contributed by atoms with E-state index < -0.39 is 0 Å². The maximum absolute atomic E-state index is 12.4. The van der Waals surface area contributed by atoms with Gasteiger partial charge in [-0.25, -0.2) is 0 Å². The zero-order valence-corrected chi connectivity index (χ0v) is 16.0. The third-order valence-electron chi connectivity index (χ3n) is 4.42. The van der Waals surface area contributed by atoms with Crippen LogP contribution in [-0.4, -0.2) is 28.3 Å². The smallest absolute Gasteiger partial charge is 0.255 e. The highest BCUT2D eigenvalue weighted by Crippen LogP contribution is 2.18. The molecule has 0 unspecified atom stereocenters. The second-order valence-corrected chi connectivity index (χ2v) is 6.62. The van der Waals surface area contributed by atoms with Gasteiger partial charge in [0.1, 0.15) is 0 Å². The number of carbonyl (C=O) groups excluding carboxylic acids is 2. The third-order valence-corrected chi connectivity index (χ3v) is 4.42. The molecule has 4 rings (SSSR count). The van der Waals surface area contributed by atoms with Crippen LogP contribution in [0.4, 0.5) is 17.1 Å². The summed E-state index contributed by atoms with van der Waals surface area (Å²) in [5, 5.41) is 10.7. The minimum absolute atomic E-state index is 0.0715. The van der Waals surface area contributed by atoms with Gasteiger partial charge in [0.25, 0.3) is 5.91 Å². The molecular formula is C23H19N5O2. The number of hydrogen-bond acceptors (Lipinski definition) is 5. The predicted molar refractivity (Wildman–Crippen MR) is 117 cm³/mol. The fraction of sp³-hybridized carbons (Fsp3) is 0.0435. The van der Waals surface area contributed by atoms with E-state index in [0.29, 0.717) is 22.6 Å². The first kappa shape index (κ1) is 19.1. The molecule has 4 aromatic rings. The molecule has 0 aliphatic rings. The first-order valence-electron chi connectivity index (χ1n) is 9.36. The largest absolute Gasteiger partial charge is 0.376 e. The van der Waals surface area contributed by atoms with Crippen molar-refractivity contribution in [2.45, 2.75) is 0 Å². The lowest BCUT2D eigenvalue weighted by Gasteiger charge is -2.10. The summed E-state index contributed by atoms with van der Waals surface area (Å²) >= 11 is 0. The van der Waals surface area contributed by atoms with Gasteiger partial charge in [0.2, 0.25) is 5.91 Å². The Balaban J connectivity index is 1.35. The van der Waals surface area contributed by atoms with Gasteiger partial charge in [-0.3, -0.25) is 19.6 Å². The summed E-state index contributed by atoms with van der Waals surface area (Å²) in [6, 6.07) is 18.0. The second-order valence-electron chi connectivity index (χ2n) is 6.62. The summed E-state index contributed by atoms with van der Waals surface area (Å²) in [5.74, 6) is -0.435. The highest BCUT2D eigenvalue weighted by molar-refractivity contribution is 6.04. The first-order valence-corrected chi connectivity index (χ1v) is 9.36. The summed E-state index contributed by atoms with van der Waals surface area (Å²) in [6.07, 6.45) is 6.71. The predicted octanol–water partition coefficient (Wildman–Crippen LogP) is 3.93. The van der Waals surface area contributed by atoms with Crippen LogP contribution in [0.2, 0.25) is 0 Å². The van der Waals surface area contributed by atoms with Crippen molar-refractivity contribution in [1.29, 1.82) is 0 Å². The average molecular weight is 397 g/mol. The minimum Gasteiger partial charge on any atom is -0.376 e. The zero-order chi connectivity index (χ0) is 20.8. The van der Waals surface area contributed by atoms with Crippen LogP contribution in [0.3, 0.4) is 0 Å². The van der Waals surface area contributed by atoms with E-state index in [4.69, 9.17) is 0 Å². The molecule has 148 valence electrons. The highest BCUT2D eigenvalue weighted by Gasteiger charge is 2.08. The summed E-state index contributed by atoms with van der Waals surface area (Å²) in [7, 11) is 0. The Kier molecular flexibility index (Phi) is 5.61. The van der Waals surface area contributed by atoms with Crippen molar-refractivity contribution in [2.75, 3.05) is 22.5 Å². The molecule has 30 heavy (non-hydrogen) atoms. The summed E-state index contributed by atoms with van der Waals surface area (Å²) in [5.41, 5.74) is 2.48. The van der Waals surface area contributed by atoms with Gasteiger partial charge in [0, 0.05) is 40.9 Å². The number of aromatic nitrogens is 2. The summed E-state index contributed by atoms with van der Waals surface area (Å²) < 4.78 is 0. The lowest BCUT2D eigenvalue weighted by atomic mass is 10.1. The number of anilines is 3. The van der Waals surface area contributed by atoms with Crippen LogP contribution >= 0.6 is 0 Å². The summed E-state index contributed by atoms with van der Waals surface area (Å²) in [6.45, 7) is 0.0715. The van der Waals surface area contributed by atoms with Crippen molar-refractivity contribution in [3.05, 3.63) is 91.0 Å². The fourth-order valence-corrected chi connectivity index (χ4v) is 2.96. The molecule has 0 atom stereocenters. The summed E-state index contributed by atoms with van der Waals surface area (Å²) in [4.78, 5) is 32.8. The Morgan fingerprint density at radius 3 is 2.47 bits per heavy atom. The molecule has 0 saturated heterocycles. The van der Waals surface area contributed by atoms with Gasteiger partial charge in [-0.2, -0.15) is 0 Å². The number of carbonyl (C=O) groups is 2. The normalized spacial score (nSPS) is 10.4. The number of nitrogens with zero attached hydrogens (tertiary/aromatic N) is 2. The van der Waals surface area contributed by atoms with Gasteiger partial charge in [0.05, 0.1) is 18.4 Å². The molecule has 0 aliphatic carbocycles. The number of fused-ring (bicyclic) bond motifs is 1. The minimum atomic E-state index is -0.248. The van der Waals surface area contributed by atoms with Crippen molar-refractivity contribution in [1.82, 2.24) is 9.97 Å². The molecule has 0 bridgehead atoms. The SMILES string of the molecule is O=C(CNc1cccc(C(=O)Nc2cccnc2)c1)Nc1ccc2cnccc2c1. The Morgan fingerprint density at radius 2 is 1.60 bits per heavy atom. The van der Waals surface area contributed by atoms with E-state index in [2.05, 4.69) is 25.9 Å². The molecule has 2 amide bonds.